The number of halogens is 1. The highest BCUT2D eigenvalue weighted by molar-refractivity contribution is 7.14. The van der Waals surface area contributed by atoms with Crippen molar-refractivity contribution in [2.24, 2.45) is 0 Å². The lowest BCUT2D eigenvalue weighted by Crippen LogP contribution is -1.83. The van der Waals surface area contributed by atoms with Gasteiger partial charge in [0.15, 0.2) is 4.47 Å². The number of ether oxygens (including phenoxy) is 1. The summed E-state index contributed by atoms with van der Waals surface area (Å²) >= 11 is 7.19. The van der Waals surface area contributed by atoms with Gasteiger partial charge in [0.2, 0.25) is 0 Å². The molecule has 0 unspecified atom stereocenters. The van der Waals surface area contributed by atoms with Crippen LogP contribution in [0.1, 0.15) is 0 Å². The Balaban J connectivity index is 2.41. The minimum absolute atomic E-state index is 0.558. The molecule has 0 radical (unpaired) electrons. The van der Waals surface area contributed by atoms with E-state index < -0.39 is 0 Å². The Morgan fingerprint density at radius 3 is 2.93 bits per heavy atom. The van der Waals surface area contributed by atoms with Crippen LogP contribution in [0, 0.1) is 0 Å². The van der Waals surface area contributed by atoms with Crippen molar-refractivity contribution in [3.63, 3.8) is 0 Å². The van der Waals surface area contributed by atoms with E-state index in [2.05, 4.69) is 4.98 Å². The number of nitrogens with zero attached hydrogens (tertiary/aromatic N) is 1. The molecule has 14 heavy (non-hydrogen) atoms. The SMILES string of the molecule is COc1cccc(-c2csc(Cl)n2)c1. The van der Waals surface area contributed by atoms with Gasteiger partial charge in [0.05, 0.1) is 12.8 Å². The third-order valence-corrected chi connectivity index (χ3v) is 2.82. The van der Waals surface area contributed by atoms with Gasteiger partial charge in [0.1, 0.15) is 5.75 Å². The van der Waals surface area contributed by atoms with Crippen LogP contribution in [0.2, 0.25) is 4.47 Å². The van der Waals surface area contributed by atoms with E-state index in [1.807, 2.05) is 29.6 Å². The molecule has 2 nitrogen and oxygen atoms in total. The maximum Gasteiger partial charge on any atom is 0.184 e. The zero-order chi connectivity index (χ0) is 9.97. The van der Waals surface area contributed by atoms with Gasteiger partial charge in [-0.2, -0.15) is 0 Å². The van der Waals surface area contributed by atoms with Crippen molar-refractivity contribution in [3.05, 3.63) is 34.1 Å². The molecule has 2 aromatic rings. The molecule has 1 aromatic heterocycles. The van der Waals surface area contributed by atoms with E-state index in [-0.39, 0.29) is 0 Å². The van der Waals surface area contributed by atoms with E-state index in [0.717, 1.165) is 17.0 Å². The minimum atomic E-state index is 0.558. The largest absolute Gasteiger partial charge is 0.497 e. The summed E-state index contributed by atoms with van der Waals surface area (Å²) in [6.07, 6.45) is 0. The van der Waals surface area contributed by atoms with Crippen molar-refractivity contribution in [1.82, 2.24) is 4.98 Å². The van der Waals surface area contributed by atoms with Gasteiger partial charge in [-0.15, -0.1) is 11.3 Å². The maximum absolute atomic E-state index is 5.76. The van der Waals surface area contributed by atoms with Crippen LogP contribution >= 0.6 is 22.9 Å². The summed E-state index contributed by atoms with van der Waals surface area (Å²) in [6, 6.07) is 7.75. The normalized spacial score (nSPS) is 10.1. The van der Waals surface area contributed by atoms with E-state index >= 15 is 0 Å². The molecule has 0 saturated carbocycles. The monoisotopic (exact) mass is 225 g/mol. The molecule has 0 aliphatic carbocycles. The average Bonchev–Trinajstić information content (AvgIpc) is 2.65. The van der Waals surface area contributed by atoms with Crippen molar-refractivity contribution in [3.8, 4) is 17.0 Å². The molecule has 0 saturated heterocycles. The van der Waals surface area contributed by atoms with E-state index in [4.69, 9.17) is 16.3 Å². The molecule has 0 bridgehead atoms. The third kappa shape index (κ3) is 1.89. The predicted octanol–water partition coefficient (Wildman–Crippen LogP) is 3.47. The lowest BCUT2D eigenvalue weighted by Gasteiger charge is -2.00. The fourth-order valence-corrected chi connectivity index (χ4v) is 1.94. The summed E-state index contributed by atoms with van der Waals surface area (Å²) in [7, 11) is 1.65. The number of thiazole rings is 1. The summed E-state index contributed by atoms with van der Waals surface area (Å²) in [6.45, 7) is 0. The average molecular weight is 226 g/mol. The Morgan fingerprint density at radius 2 is 2.29 bits per heavy atom. The molecule has 0 amide bonds. The van der Waals surface area contributed by atoms with Gasteiger partial charge in [0.25, 0.3) is 0 Å². The van der Waals surface area contributed by atoms with Crippen LogP contribution in [-0.2, 0) is 0 Å². The van der Waals surface area contributed by atoms with Gasteiger partial charge >= 0.3 is 0 Å². The van der Waals surface area contributed by atoms with Gasteiger partial charge in [-0.1, -0.05) is 23.7 Å². The molecule has 4 heteroatoms. The van der Waals surface area contributed by atoms with Gasteiger partial charge in [-0.05, 0) is 12.1 Å². The van der Waals surface area contributed by atoms with E-state index in [0.29, 0.717) is 4.47 Å². The Kier molecular flexibility index (Phi) is 2.70. The molecule has 0 aliphatic rings. The van der Waals surface area contributed by atoms with Crippen LogP contribution < -0.4 is 4.74 Å². The highest BCUT2D eigenvalue weighted by Crippen LogP contribution is 2.26. The van der Waals surface area contributed by atoms with E-state index in [9.17, 15) is 0 Å². The summed E-state index contributed by atoms with van der Waals surface area (Å²) < 4.78 is 5.68. The zero-order valence-corrected chi connectivity index (χ0v) is 9.10. The van der Waals surface area contributed by atoms with Crippen LogP contribution in [0.25, 0.3) is 11.3 Å². The highest BCUT2D eigenvalue weighted by atomic mass is 35.5. The number of methoxy groups -OCH3 is 1. The summed E-state index contributed by atoms with van der Waals surface area (Å²) in [5.74, 6) is 0.826. The first-order chi connectivity index (χ1) is 6.79. The fourth-order valence-electron chi connectivity index (χ4n) is 1.17. The number of rotatable bonds is 2. The predicted molar refractivity (Wildman–Crippen MR) is 59.1 cm³/mol. The van der Waals surface area contributed by atoms with Crippen molar-refractivity contribution in [1.29, 1.82) is 0 Å². The first-order valence-electron chi connectivity index (χ1n) is 4.05. The molecule has 0 spiro atoms. The Morgan fingerprint density at radius 1 is 1.43 bits per heavy atom. The van der Waals surface area contributed by atoms with Crippen molar-refractivity contribution in [2.75, 3.05) is 7.11 Å². The molecular weight excluding hydrogens is 218 g/mol. The molecule has 1 aromatic carbocycles. The molecule has 0 atom stereocenters. The summed E-state index contributed by atoms with van der Waals surface area (Å²) in [5, 5.41) is 1.93. The molecule has 1 heterocycles. The second kappa shape index (κ2) is 3.98. The van der Waals surface area contributed by atoms with Gasteiger partial charge in [0, 0.05) is 10.9 Å². The lowest BCUT2D eigenvalue weighted by atomic mass is 10.2. The van der Waals surface area contributed by atoms with Gasteiger partial charge < -0.3 is 4.74 Å². The Hall–Kier alpha value is -1.06. The number of hydrogen-bond donors (Lipinski definition) is 0. The summed E-state index contributed by atoms with van der Waals surface area (Å²) in [4.78, 5) is 4.18. The summed E-state index contributed by atoms with van der Waals surface area (Å²) in [5.41, 5.74) is 1.91. The van der Waals surface area contributed by atoms with Crippen molar-refractivity contribution < 1.29 is 4.74 Å². The van der Waals surface area contributed by atoms with Crippen LogP contribution in [0.3, 0.4) is 0 Å². The number of benzene rings is 1. The van der Waals surface area contributed by atoms with Crippen LogP contribution in [0.15, 0.2) is 29.6 Å². The highest BCUT2D eigenvalue weighted by Gasteiger charge is 2.03. The quantitative estimate of drug-likeness (QED) is 0.781. The molecule has 2 rings (SSSR count). The fraction of sp³-hybridized carbons (Fsp3) is 0.100. The van der Waals surface area contributed by atoms with E-state index in [1.54, 1.807) is 7.11 Å². The number of aromatic nitrogens is 1. The molecule has 0 aliphatic heterocycles. The second-order valence-corrected chi connectivity index (χ2v) is 4.16. The third-order valence-electron chi connectivity index (χ3n) is 1.84. The Labute approximate surface area is 91.1 Å². The standard InChI is InChI=1S/C10H8ClNOS/c1-13-8-4-2-3-7(5-8)9-6-14-10(11)12-9/h2-6H,1H3. The lowest BCUT2D eigenvalue weighted by molar-refractivity contribution is 0.415. The van der Waals surface area contributed by atoms with Gasteiger partial charge in [-0.3, -0.25) is 0 Å². The Bertz CT molecular complexity index is 441. The van der Waals surface area contributed by atoms with E-state index in [1.165, 1.54) is 11.3 Å². The smallest absolute Gasteiger partial charge is 0.184 e. The first kappa shape index (κ1) is 9.49. The topological polar surface area (TPSA) is 22.1 Å². The molecule has 0 N–H and O–H groups in total. The molecular formula is C10H8ClNOS. The first-order valence-corrected chi connectivity index (χ1v) is 5.31. The second-order valence-electron chi connectivity index (χ2n) is 2.72. The maximum atomic E-state index is 5.76. The van der Waals surface area contributed by atoms with Crippen LogP contribution in [-0.4, -0.2) is 12.1 Å². The van der Waals surface area contributed by atoms with Crippen molar-refractivity contribution >= 4 is 22.9 Å². The van der Waals surface area contributed by atoms with Crippen LogP contribution in [0.4, 0.5) is 0 Å². The molecule has 0 fully saturated rings. The number of hydrogen-bond acceptors (Lipinski definition) is 3. The minimum Gasteiger partial charge on any atom is -0.497 e. The van der Waals surface area contributed by atoms with Gasteiger partial charge in [-0.25, -0.2) is 4.98 Å². The van der Waals surface area contributed by atoms with Crippen molar-refractivity contribution in [2.45, 2.75) is 0 Å². The zero-order valence-electron chi connectivity index (χ0n) is 7.53. The molecule has 72 valence electrons. The van der Waals surface area contributed by atoms with Crippen LogP contribution in [0.5, 0.6) is 5.75 Å².